The molecule has 2 aliphatic rings. The third kappa shape index (κ3) is 4.91. The van der Waals surface area contributed by atoms with Crippen LogP contribution in [0.25, 0.3) is 0 Å². The number of carbonyl (C=O) groups is 3. The first-order chi connectivity index (χ1) is 15.4. The molecule has 2 aromatic carbocycles. The minimum absolute atomic E-state index is 0.0660. The molecule has 2 heterocycles. The van der Waals surface area contributed by atoms with Gasteiger partial charge in [-0.05, 0) is 36.6 Å². The summed E-state index contributed by atoms with van der Waals surface area (Å²) in [5.74, 6) is -0.898. The summed E-state index contributed by atoms with van der Waals surface area (Å²) in [6.45, 7) is 0.213. The first-order valence-corrected chi connectivity index (χ1v) is 10.7. The van der Waals surface area contributed by atoms with Crippen molar-refractivity contribution >= 4 is 23.5 Å². The Morgan fingerprint density at radius 1 is 1.16 bits per heavy atom. The minimum atomic E-state index is -0.906. The molecule has 2 aliphatic heterocycles. The van der Waals surface area contributed by atoms with Gasteiger partial charge in [-0.2, -0.15) is 0 Å². The molecule has 0 spiro atoms. The van der Waals surface area contributed by atoms with Crippen LogP contribution in [0.2, 0.25) is 0 Å². The maximum Gasteiger partial charge on any atom is 0.305 e. The maximum absolute atomic E-state index is 13.2. The molecule has 4 rings (SSSR count). The van der Waals surface area contributed by atoms with Crippen LogP contribution in [0.4, 0.5) is 5.69 Å². The van der Waals surface area contributed by atoms with Crippen molar-refractivity contribution in [2.45, 2.75) is 43.9 Å². The fourth-order valence-electron chi connectivity index (χ4n) is 4.29. The summed E-state index contributed by atoms with van der Waals surface area (Å²) in [7, 11) is 1.72. The van der Waals surface area contributed by atoms with Gasteiger partial charge < -0.3 is 24.8 Å². The molecule has 2 aromatic rings. The predicted molar refractivity (Wildman–Crippen MR) is 117 cm³/mol. The molecule has 0 saturated carbocycles. The topological polar surface area (TPSA) is 105 Å². The molecular weight excluding hydrogens is 412 g/mol. The summed E-state index contributed by atoms with van der Waals surface area (Å²) in [6, 6.07) is 14.2. The Morgan fingerprint density at radius 3 is 2.69 bits per heavy atom. The predicted octanol–water partition coefficient (Wildman–Crippen LogP) is 2.72. The number of carboxylic acids is 1. The molecule has 0 radical (unpaired) electrons. The highest BCUT2D eigenvalue weighted by atomic mass is 16.5. The fraction of sp³-hybridized carbons (Fsp3) is 0.375. The average molecular weight is 438 g/mol. The number of nitrogens with zero attached hydrogens (tertiary/aromatic N) is 1. The number of anilines is 1. The van der Waals surface area contributed by atoms with E-state index in [1.807, 2.05) is 30.3 Å². The van der Waals surface area contributed by atoms with Gasteiger partial charge >= 0.3 is 5.97 Å². The summed E-state index contributed by atoms with van der Waals surface area (Å²) in [6.07, 6.45) is 0.581. The average Bonchev–Trinajstić information content (AvgIpc) is 2.77. The number of fused-ring (bicyclic) bond motifs is 2. The third-order valence-electron chi connectivity index (χ3n) is 5.91. The van der Waals surface area contributed by atoms with E-state index in [0.717, 1.165) is 5.56 Å². The Kier molecular flexibility index (Phi) is 6.41. The number of amides is 2. The van der Waals surface area contributed by atoms with Gasteiger partial charge in [-0.3, -0.25) is 14.4 Å². The Hall–Kier alpha value is -3.39. The number of hydrogen-bond acceptors (Lipinski definition) is 5. The van der Waals surface area contributed by atoms with Gasteiger partial charge in [0, 0.05) is 12.7 Å². The second-order valence-corrected chi connectivity index (χ2v) is 8.19. The van der Waals surface area contributed by atoms with Crippen LogP contribution in [0.15, 0.2) is 48.5 Å². The molecule has 0 aromatic heterocycles. The summed E-state index contributed by atoms with van der Waals surface area (Å²) in [4.78, 5) is 38.3. The second-order valence-electron chi connectivity index (χ2n) is 8.19. The largest absolute Gasteiger partial charge is 0.490 e. The molecule has 2 amide bonds. The van der Waals surface area contributed by atoms with Gasteiger partial charge in [-0.1, -0.05) is 30.3 Å². The number of hydrogen-bond donors (Lipinski definition) is 2. The minimum Gasteiger partial charge on any atom is -0.490 e. The van der Waals surface area contributed by atoms with Crippen LogP contribution in [0.3, 0.4) is 0 Å². The first-order valence-electron chi connectivity index (χ1n) is 10.7. The lowest BCUT2D eigenvalue weighted by Crippen LogP contribution is -2.53. The highest BCUT2D eigenvalue weighted by Crippen LogP contribution is 2.32. The molecule has 2 N–H and O–H groups in total. The molecule has 0 bridgehead atoms. The molecule has 32 heavy (non-hydrogen) atoms. The monoisotopic (exact) mass is 438 g/mol. The first kappa shape index (κ1) is 21.8. The number of aliphatic carboxylic acids is 1. The van der Waals surface area contributed by atoms with E-state index in [1.54, 1.807) is 30.1 Å². The molecule has 3 atom stereocenters. The van der Waals surface area contributed by atoms with Crippen LogP contribution in [-0.4, -0.2) is 59.7 Å². The number of carboxylic acid groups (broad SMARTS) is 1. The zero-order chi connectivity index (χ0) is 22.7. The van der Waals surface area contributed by atoms with Crippen LogP contribution >= 0.6 is 0 Å². The van der Waals surface area contributed by atoms with Crippen molar-refractivity contribution < 1.29 is 29.0 Å². The van der Waals surface area contributed by atoms with Gasteiger partial charge in [0.2, 0.25) is 5.91 Å². The number of ether oxygens (including phenoxy) is 2. The van der Waals surface area contributed by atoms with E-state index in [1.165, 1.54) is 0 Å². The van der Waals surface area contributed by atoms with Crippen molar-refractivity contribution in [1.29, 1.82) is 0 Å². The zero-order valence-electron chi connectivity index (χ0n) is 17.8. The zero-order valence-corrected chi connectivity index (χ0v) is 17.8. The van der Waals surface area contributed by atoms with Gasteiger partial charge in [0.05, 0.1) is 30.6 Å². The van der Waals surface area contributed by atoms with Gasteiger partial charge in [0.1, 0.15) is 18.5 Å². The SMILES string of the molecule is CN1C(=O)c2cc(NC(=O)Cc3ccccc3)ccc2OC[C@H]2O[C@H](CC(=O)O)CC[C@H]21. The number of rotatable bonds is 5. The number of carbonyl (C=O) groups excluding carboxylic acids is 2. The lowest BCUT2D eigenvalue weighted by molar-refractivity contribution is -0.148. The quantitative estimate of drug-likeness (QED) is 0.744. The highest BCUT2D eigenvalue weighted by molar-refractivity contribution is 6.00. The van der Waals surface area contributed by atoms with E-state index in [9.17, 15) is 14.4 Å². The highest BCUT2D eigenvalue weighted by Gasteiger charge is 2.39. The lowest BCUT2D eigenvalue weighted by Gasteiger charge is -2.42. The lowest BCUT2D eigenvalue weighted by atomic mass is 9.94. The van der Waals surface area contributed by atoms with Gasteiger partial charge in [-0.25, -0.2) is 0 Å². The molecule has 8 heteroatoms. The number of likely N-dealkylation sites (N-methyl/N-ethyl adjacent to an activating group) is 1. The van der Waals surface area contributed by atoms with Crippen molar-refractivity contribution in [3.05, 3.63) is 59.7 Å². The Bertz CT molecular complexity index is 1010. The summed E-state index contributed by atoms with van der Waals surface area (Å²) < 4.78 is 11.8. The molecule has 8 nitrogen and oxygen atoms in total. The van der Waals surface area contributed by atoms with Crippen molar-refractivity contribution in [2.24, 2.45) is 0 Å². The molecule has 1 fully saturated rings. The molecule has 1 saturated heterocycles. The van der Waals surface area contributed by atoms with Gasteiger partial charge in [-0.15, -0.1) is 0 Å². The van der Waals surface area contributed by atoms with Crippen molar-refractivity contribution in [3.8, 4) is 5.75 Å². The standard InChI is InChI=1S/C24H26N2O6/c1-26-19-9-8-17(13-23(28)29)32-21(19)14-31-20-10-7-16(12-18(20)24(26)30)25-22(27)11-15-5-3-2-4-6-15/h2-7,10,12,17,19,21H,8-9,11,13-14H2,1H3,(H,25,27)(H,28,29)/t17-,19+,21+/m0/s1. The summed E-state index contributed by atoms with van der Waals surface area (Å²) >= 11 is 0. The van der Waals surface area contributed by atoms with E-state index in [0.29, 0.717) is 29.8 Å². The van der Waals surface area contributed by atoms with Crippen LogP contribution in [0, 0.1) is 0 Å². The van der Waals surface area contributed by atoms with E-state index in [-0.39, 0.29) is 43.4 Å². The third-order valence-corrected chi connectivity index (χ3v) is 5.91. The van der Waals surface area contributed by atoms with E-state index in [2.05, 4.69) is 5.32 Å². The van der Waals surface area contributed by atoms with E-state index >= 15 is 0 Å². The fourth-order valence-corrected chi connectivity index (χ4v) is 4.29. The number of benzene rings is 2. The van der Waals surface area contributed by atoms with Crippen LogP contribution in [0.5, 0.6) is 5.75 Å². The molecule has 168 valence electrons. The van der Waals surface area contributed by atoms with Gasteiger partial charge in [0.25, 0.3) is 5.91 Å². The Morgan fingerprint density at radius 2 is 1.94 bits per heavy atom. The van der Waals surface area contributed by atoms with Crippen molar-refractivity contribution in [3.63, 3.8) is 0 Å². The Labute approximate surface area is 186 Å². The van der Waals surface area contributed by atoms with Crippen molar-refractivity contribution in [1.82, 2.24) is 4.90 Å². The van der Waals surface area contributed by atoms with Crippen LogP contribution in [0.1, 0.15) is 35.2 Å². The van der Waals surface area contributed by atoms with E-state index in [4.69, 9.17) is 14.6 Å². The van der Waals surface area contributed by atoms with E-state index < -0.39 is 12.1 Å². The smallest absolute Gasteiger partial charge is 0.305 e. The molecule has 0 aliphatic carbocycles. The number of nitrogens with one attached hydrogen (secondary N) is 1. The Balaban J connectivity index is 1.49. The maximum atomic E-state index is 13.2. The van der Waals surface area contributed by atoms with Crippen LogP contribution in [-0.2, 0) is 20.7 Å². The second kappa shape index (κ2) is 9.40. The van der Waals surface area contributed by atoms with Crippen molar-refractivity contribution in [2.75, 3.05) is 19.0 Å². The normalized spacial score (nSPS) is 22.6. The van der Waals surface area contributed by atoms with Gasteiger partial charge in [0.15, 0.2) is 0 Å². The molecule has 0 unspecified atom stereocenters. The van der Waals surface area contributed by atoms with Crippen LogP contribution < -0.4 is 10.1 Å². The summed E-state index contributed by atoms with van der Waals surface area (Å²) in [5, 5.41) is 11.9. The molecular formula is C24H26N2O6. The summed E-state index contributed by atoms with van der Waals surface area (Å²) in [5.41, 5.74) is 1.80.